The first-order chi connectivity index (χ1) is 11.9. The zero-order valence-electron chi connectivity index (χ0n) is 13.3. The zero-order valence-corrected chi connectivity index (χ0v) is 14.2. The minimum absolute atomic E-state index is 0.609. The van der Waals surface area contributed by atoms with Crippen molar-refractivity contribution in [3.8, 4) is 11.1 Å². The molecule has 4 rings (SSSR count). The summed E-state index contributed by atoms with van der Waals surface area (Å²) in [5, 5.41) is 2.72. The van der Waals surface area contributed by atoms with Crippen LogP contribution in [0.25, 0.3) is 11.1 Å². The molecule has 0 aliphatic heterocycles. The predicted octanol–water partition coefficient (Wildman–Crippen LogP) is 4.44. The van der Waals surface area contributed by atoms with Crippen LogP contribution in [0.4, 0.5) is 0 Å². The Morgan fingerprint density at radius 2 is 1.04 bits per heavy atom. The highest BCUT2D eigenvalue weighted by atomic mass is 31.1. The van der Waals surface area contributed by atoms with Crippen LogP contribution in [0.15, 0.2) is 103 Å². The van der Waals surface area contributed by atoms with E-state index in [1.54, 1.807) is 0 Å². The van der Waals surface area contributed by atoms with Crippen molar-refractivity contribution in [2.24, 2.45) is 0 Å². The van der Waals surface area contributed by atoms with E-state index in [1.165, 1.54) is 27.2 Å². The molecule has 1 heterocycles. The van der Waals surface area contributed by atoms with Gasteiger partial charge < -0.3 is 4.98 Å². The molecule has 0 spiro atoms. The Morgan fingerprint density at radius 1 is 0.542 bits per heavy atom. The smallest absolute Gasteiger partial charge is 0.0554 e. The lowest BCUT2D eigenvalue weighted by Crippen LogP contribution is -2.22. The first kappa shape index (κ1) is 14.9. The number of hydrogen-bond donors (Lipinski definition) is 1. The topological polar surface area (TPSA) is 15.8 Å². The Morgan fingerprint density at radius 3 is 1.58 bits per heavy atom. The Kier molecular flexibility index (Phi) is 4.27. The van der Waals surface area contributed by atoms with Crippen molar-refractivity contribution in [1.29, 1.82) is 0 Å². The fourth-order valence-corrected chi connectivity index (χ4v) is 5.36. The second-order valence-electron chi connectivity index (χ2n) is 5.61. The molecule has 2 heteroatoms. The summed E-state index contributed by atoms with van der Waals surface area (Å²) in [7, 11) is -0.609. The summed E-state index contributed by atoms with van der Waals surface area (Å²) in [5.74, 6) is 0. The molecule has 0 aliphatic carbocycles. The van der Waals surface area contributed by atoms with E-state index in [4.69, 9.17) is 0 Å². The minimum Gasteiger partial charge on any atom is -0.360 e. The van der Waals surface area contributed by atoms with E-state index in [9.17, 15) is 0 Å². The largest absolute Gasteiger partial charge is 0.360 e. The molecule has 3 aromatic carbocycles. The Hall–Kier alpha value is -2.63. The molecular formula is C22H18NP. The molecule has 0 aliphatic rings. The van der Waals surface area contributed by atoms with Crippen LogP contribution in [0, 0.1) is 0 Å². The highest BCUT2D eigenvalue weighted by molar-refractivity contribution is 7.79. The second kappa shape index (κ2) is 6.86. The number of nitrogens with one attached hydrogen (secondary N) is 1. The number of H-pyrrole nitrogens is 1. The van der Waals surface area contributed by atoms with Gasteiger partial charge in [0.25, 0.3) is 0 Å². The molecular weight excluding hydrogens is 309 g/mol. The van der Waals surface area contributed by atoms with E-state index in [-0.39, 0.29) is 0 Å². The Labute approximate surface area is 143 Å². The third kappa shape index (κ3) is 2.91. The predicted molar refractivity (Wildman–Crippen MR) is 105 cm³/mol. The zero-order chi connectivity index (χ0) is 16.2. The summed E-state index contributed by atoms with van der Waals surface area (Å²) < 4.78 is 0. The molecule has 1 nitrogen and oxygen atoms in total. The van der Waals surface area contributed by atoms with Crippen molar-refractivity contribution < 1.29 is 0 Å². The molecule has 0 bridgehead atoms. The maximum Gasteiger partial charge on any atom is 0.0554 e. The van der Waals surface area contributed by atoms with Gasteiger partial charge in [0, 0.05) is 19.7 Å². The van der Waals surface area contributed by atoms with Crippen molar-refractivity contribution in [2.75, 3.05) is 0 Å². The fourth-order valence-electron chi connectivity index (χ4n) is 2.96. The number of aromatic nitrogens is 1. The molecule has 1 aromatic heterocycles. The summed E-state index contributed by atoms with van der Waals surface area (Å²) in [6.07, 6.45) is 2.05. The maximum absolute atomic E-state index is 3.53. The quantitative estimate of drug-likeness (QED) is 0.533. The van der Waals surface area contributed by atoms with Gasteiger partial charge in [-0.05, 0) is 22.2 Å². The lowest BCUT2D eigenvalue weighted by molar-refractivity contribution is 1.47. The highest BCUT2D eigenvalue weighted by Crippen LogP contribution is 2.36. The monoisotopic (exact) mass is 327 g/mol. The van der Waals surface area contributed by atoms with Crippen LogP contribution in [0.1, 0.15) is 0 Å². The average molecular weight is 327 g/mol. The molecule has 0 atom stereocenters. The number of aromatic amines is 1. The average Bonchev–Trinajstić information content (AvgIpc) is 3.14. The van der Waals surface area contributed by atoms with Gasteiger partial charge in [0.1, 0.15) is 0 Å². The van der Waals surface area contributed by atoms with Crippen LogP contribution < -0.4 is 16.0 Å². The molecule has 0 saturated heterocycles. The minimum atomic E-state index is -0.609. The maximum atomic E-state index is 3.53. The third-order valence-corrected chi connectivity index (χ3v) is 6.51. The highest BCUT2D eigenvalue weighted by Gasteiger charge is 2.20. The lowest BCUT2D eigenvalue weighted by Gasteiger charge is -2.19. The van der Waals surface area contributed by atoms with Crippen LogP contribution >= 0.6 is 7.92 Å². The van der Waals surface area contributed by atoms with Gasteiger partial charge in [0.2, 0.25) is 0 Å². The van der Waals surface area contributed by atoms with Crippen molar-refractivity contribution in [3.05, 3.63) is 103 Å². The van der Waals surface area contributed by atoms with E-state index < -0.39 is 7.92 Å². The van der Waals surface area contributed by atoms with E-state index in [0.29, 0.717) is 0 Å². The first-order valence-corrected chi connectivity index (χ1v) is 9.41. The van der Waals surface area contributed by atoms with E-state index >= 15 is 0 Å². The molecule has 0 radical (unpaired) electrons. The van der Waals surface area contributed by atoms with Gasteiger partial charge in [0.15, 0.2) is 0 Å². The molecule has 116 valence electrons. The number of rotatable bonds is 4. The SMILES string of the molecule is c1ccc(-c2cc[nH]c2P(c2ccccc2)c2ccccc2)cc1. The number of hydrogen-bond acceptors (Lipinski definition) is 0. The summed E-state index contributed by atoms with van der Waals surface area (Å²) >= 11 is 0. The molecule has 0 amide bonds. The Balaban J connectivity index is 1.89. The number of benzene rings is 3. The van der Waals surface area contributed by atoms with Gasteiger partial charge in [-0.15, -0.1) is 0 Å². The molecule has 0 saturated carbocycles. The van der Waals surface area contributed by atoms with Gasteiger partial charge in [-0.3, -0.25) is 0 Å². The van der Waals surface area contributed by atoms with Crippen LogP contribution in [0.5, 0.6) is 0 Å². The van der Waals surface area contributed by atoms with Crippen molar-refractivity contribution >= 4 is 24.0 Å². The summed E-state index contributed by atoms with van der Waals surface area (Å²) in [5.41, 5.74) is 3.84. The summed E-state index contributed by atoms with van der Waals surface area (Å²) in [6.45, 7) is 0. The Bertz CT molecular complexity index is 859. The van der Waals surface area contributed by atoms with Crippen molar-refractivity contribution in [3.63, 3.8) is 0 Å². The normalized spacial score (nSPS) is 10.9. The summed E-state index contributed by atoms with van der Waals surface area (Å²) in [6, 6.07) is 34.4. The van der Waals surface area contributed by atoms with E-state index in [2.05, 4.69) is 108 Å². The van der Waals surface area contributed by atoms with Crippen molar-refractivity contribution in [1.82, 2.24) is 4.98 Å². The molecule has 0 unspecified atom stereocenters. The molecule has 1 N–H and O–H groups in total. The fraction of sp³-hybridized carbons (Fsp3) is 0. The van der Waals surface area contributed by atoms with Crippen LogP contribution in [0.3, 0.4) is 0 Å². The van der Waals surface area contributed by atoms with Crippen LogP contribution in [0.2, 0.25) is 0 Å². The second-order valence-corrected chi connectivity index (χ2v) is 7.76. The van der Waals surface area contributed by atoms with Gasteiger partial charge in [-0.2, -0.15) is 0 Å². The lowest BCUT2D eigenvalue weighted by atomic mass is 10.1. The van der Waals surface area contributed by atoms with Crippen molar-refractivity contribution in [2.45, 2.75) is 0 Å². The van der Waals surface area contributed by atoms with Gasteiger partial charge >= 0.3 is 0 Å². The van der Waals surface area contributed by atoms with E-state index in [0.717, 1.165) is 0 Å². The summed E-state index contributed by atoms with van der Waals surface area (Å²) in [4.78, 5) is 3.53. The van der Waals surface area contributed by atoms with Gasteiger partial charge in [-0.1, -0.05) is 91.0 Å². The third-order valence-electron chi connectivity index (χ3n) is 4.06. The first-order valence-electron chi connectivity index (χ1n) is 8.06. The molecule has 0 fully saturated rings. The van der Waals surface area contributed by atoms with E-state index in [1.807, 2.05) is 0 Å². The molecule has 4 aromatic rings. The van der Waals surface area contributed by atoms with Crippen LogP contribution in [-0.2, 0) is 0 Å². The van der Waals surface area contributed by atoms with Crippen LogP contribution in [-0.4, -0.2) is 4.98 Å². The standard InChI is InChI=1S/C22H18NP/c1-4-10-18(11-5-1)21-16-17-23-22(21)24(19-12-6-2-7-13-19)20-14-8-3-9-15-20/h1-17,23H. The van der Waals surface area contributed by atoms with Gasteiger partial charge in [-0.25, -0.2) is 0 Å². The van der Waals surface area contributed by atoms with Gasteiger partial charge in [0.05, 0.1) is 5.44 Å². The molecule has 24 heavy (non-hydrogen) atoms.